The summed E-state index contributed by atoms with van der Waals surface area (Å²) in [6.07, 6.45) is 0.415. The van der Waals surface area contributed by atoms with Crippen LogP contribution in [0.3, 0.4) is 0 Å². The SMILES string of the molecule is CC(CCC(C(=O)O)C(=O)O)O[Si](C)(C)C(C)(C)C. The van der Waals surface area contributed by atoms with Gasteiger partial charge in [0.1, 0.15) is 0 Å². The van der Waals surface area contributed by atoms with Gasteiger partial charge in [0, 0.05) is 6.10 Å². The van der Waals surface area contributed by atoms with Gasteiger partial charge in [-0.25, -0.2) is 0 Å². The second kappa shape index (κ2) is 6.52. The van der Waals surface area contributed by atoms with Gasteiger partial charge in [-0.2, -0.15) is 0 Å². The number of hydrogen-bond donors (Lipinski definition) is 2. The summed E-state index contributed by atoms with van der Waals surface area (Å²) in [5, 5.41) is 17.7. The summed E-state index contributed by atoms with van der Waals surface area (Å²) >= 11 is 0. The Morgan fingerprint density at radius 3 is 1.84 bits per heavy atom. The normalized spacial score (nSPS) is 14.5. The van der Waals surface area contributed by atoms with E-state index in [1.165, 1.54) is 0 Å². The zero-order valence-electron chi connectivity index (χ0n) is 12.7. The Labute approximate surface area is 116 Å². The average Bonchev–Trinajstić information content (AvgIpc) is 2.13. The van der Waals surface area contributed by atoms with E-state index in [-0.39, 0.29) is 17.6 Å². The molecule has 0 saturated carbocycles. The first-order valence-corrected chi connectivity index (χ1v) is 9.42. The van der Waals surface area contributed by atoms with Crippen LogP contribution in [0.4, 0.5) is 0 Å². The number of hydrogen-bond acceptors (Lipinski definition) is 3. The monoisotopic (exact) mass is 290 g/mol. The van der Waals surface area contributed by atoms with E-state index in [9.17, 15) is 9.59 Å². The van der Waals surface area contributed by atoms with E-state index in [4.69, 9.17) is 14.6 Å². The Morgan fingerprint density at radius 1 is 1.11 bits per heavy atom. The third-order valence-corrected chi connectivity index (χ3v) is 8.36. The molecule has 0 aliphatic rings. The highest BCUT2D eigenvalue weighted by atomic mass is 28.4. The lowest BCUT2D eigenvalue weighted by atomic mass is 10.0. The maximum absolute atomic E-state index is 10.8. The van der Waals surface area contributed by atoms with Crippen LogP contribution in [-0.2, 0) is 14.0 Å². The molecule has 19 heavy (non-hydrogen) atoms. The van der Waals surface area contributed by atoms with Gasteiger partial charge in [-0.15, -0.1) is 0 Å². The molecule has 0 aliphatic carbocycles. The molecule has 0 aromatic rings. The summed E-state index contributed by atoms with van der Waals surface area (Å²) in [6.45, 7) is 12.5. The van der Waals surface area contributed by atoms with E-state index in [1.807, 2.05) is 6.92 Å². The molecule has 2 N–H and O–H groups in total. The first-order valence-electron chi connectivity index (χ1n) is 6.52. The van der Waals surface area contributed by atoms with Crippen molar-refractivity contribution in [2.24, 2.45) is 5.92 Å². The van der Waals surface area contributed by atoms with Gasteiger partial charge in [-0.3, -0.25) is 9.59 Å². The molecule has 5 nitrogen and oxygen atoms in total. The fourth-order valence-corrected chi connectivity index (χ4v) is 2.97. The van der Waals surface area contributed by atoms with Gasteiger partial charge < -0.3 is 14.6 Å². The molecule has 0 saturated heterocycles. The van der Waals surface area contributed by atoms with Gasteiger partial charge in [0.05, 0.1) is 0 Å². The zero-order chi connectivity index (χ0) is 15.4. The van der Waals surface area contributed by atoms with Crippen LogP contribution < -0.4 is 0 Å². The van der Waals surface area contributed by atoms with Crippen molar-refractivity contribution in [1.29, 1.82) is 0 Å². The minimum absolute atomic E-state index is 0.0836. The van der Waals surface area contributed by atoms with Crippen LogP contribution in [0.15, 0.2) is 0 Å². The minimum atomic E-state index is -1.89. The summed E-state index contributed by atoms with van der Waals surface area (Å²) in [7, 11) is -1.89. The van der Waals surface area contributed by atoms with Crippen molar-refractivity contribution >= 4 is 20.3 Å². The molecule has 0 spiro atoms. The Balaban J connectivity index is 4.45. The van der Waals surface area contributed by atoms with Gasteiger partial charge in [0.25, 0.3) is 0 Å². The highest BCUT2D eigenvalue weighted by Crippen LogP contribution is 2.37. The van der Waals surface area contributed by atoms with Crippen LogP contribution in [-0.4, -0.2) is 36.6 Å². The predicted octanol–water partition coefficient (Wildman–Crippen LogP) is 2.96. The highest BCUT2D eigenvalue weighted by molar-refractivity contribution is 6.74. The first kappa shape index (κ1) is 18.1. The molecule has 0 radical (unpaired) electrons. The molecule has 0 fully saturated rings. The number of rotatable bonds is 7. The fraction of sp³-hybridized carbons (Fsp3) is 0.846. The second-order valence-corrected chi connectivity index (χ2v) is 11.3. The molecule has 0 aromatic carbocycles. The van der Waals surface area contributed by atoms with Crippen molar-refractivity contribution in [2.45, 2.75) is 64.8 Å². The van der Waals surface area contributed by atoms with Crippen molar-refractivity contribution in [3.05, 3.63) is 0 Å². The van der Waals surface area contributed by atoms with Crippen LogP contribution in [0, 0.1) is 5.92 Å². The lowest BCUT2D eigenvalue weighted by Gasteiger charge is -2.38. The molecule has 0 rings (SSSR count). The van der Waals surface area contributed by atoms with E-state index in [2.05, 4.69) is 33.9 Å². The Bertz CT molecular complexity index is 318. The van der Waals surface area contributed by atoms with Gasteiger partial charge in [0.15, 0.2) is 14.2 Å². The number of carbonyl (C=O) groups is 2. The van der Waals surface area contributed by atoms with Gasteiger partial charge in [-0.1, -0.05) is 20.8 Å². The maximum Gasteiger partial charge on any atom is 0.317 e. The fourth-order valence-electron chi connectivity index (χ4n) is 1.49. The molecule has 1 atom stereocenters. The summed E-state index contributed by atoms with van der Waals surface area (Å²) in [4.78, 5) is 21.6. The standard InChI is InChI=1S/C13H26O5Si/c1-9(18-19(5,6)13(2,3)4)7-8-10(11(14)15)12(16)17/h9-10H,7-8H2,1-6H3,(H,14,15)(H,16,17). The van der Waals surface area contributed by atoms with Crippen molar-refractivity contribution in [1.82, 2.24) is 0 Å². The number of carboxylic acids is 2. The quantitative estimate of drug-likeness (QED) is 0.556. The molecule has 0 aliphatic heterocycles. The van der Waals surface area contributed by atoms with Crippen LogP contribution in [0.25, 0.3) is 0 Å². The molecule has 0 aromatic heterocycles. The molecule has 0 amide bonds. The Kier molecular flexibility index (Phi) is 6.22. The lowest BCUT2D eigenvalue weighted by molar-refractivity contribution is -0.154. The van der Waals surface area contributed by atoms with E-state index in [0.717, 1.165) is 0 Å². The number of aliphatic carboxylic acids is 2. The van der Waals surface area contributed by atoms with E-state index >= 15 is 0 Å². The van der Waals surface area contributed by atoms with Crippen LogP contribution in [0.5, 0.6) is 0 Å². The highest BCUT2D eigenvalue weighted by Gasteiger charge is 2.38. The third-order valence-electron chi connectivity index (χ3n) is 3.76. The molecule has 1 unspecified atom stereocenters. The van der Waals surface area contributed by atoms with Crippen molar-refractivity contribution < 1.29 is 24.2 Å². The van der Waals surface area contributed by atoms with Crippen LogP contribution in [0.2, 0.25) is 18.1 Å². The molecule has 112 valence electrons. The third kappa shape index (κ3) is 5.73. The smallest absolute Gasteiger partial charge is 0.317 e. The molecule has 6 heteroatoms. The van der Waals surface area contributed by atoms with Crippen LogP contribution >= 0.6 is 0 Å². The zero-order valence-corrected chi connectivity index (χ0v) is 13.7. The summed E-state index contributed by atoms with van der Waals surface area (Å²) < 4.78 is 6.07. The van der Waals surface area contributed by atoms with Crippen molar-refractivity contribution in [3.8, 4) is 0 Å². The first-order chi connectivity index (χ1) is 8.38. The van der Waals surface area contributed by atoms with E-state index in [0.29, 0.717) is 6.42 Å². The van der Waals surface area contributed by atoms with E-state index in [1.54, 1.807) is 0 Å². The summed E-state index contributed by atoms with van der Waals surface area (Å²) in [6, 6.07) is 0. The molecular formula is C13H26O5Si. The number of carboxylic acid groups (broad SMARTS) is 2. The van der Waals surface area contributed by atoms with Gasteiger partial charge in [-0.05, 0) is 37.9 Å². The van der Waals surface area contributed by atoms with Gasteiger partial charge >= 0.3 is 11.9 Å². The topological polar surface area (TPSA) is 83.8 Å². The van der Waals surface area contributed by atoms with Gasteiger partial charge in [0.2, 0.25) is 0 Å². The molecule has 0 heterocycles. The Hall–Kier alpha value is -0.883. The largest absolute Gasteiger partial charge is 0.481 e. The average molecular weight is 290 g/mol. The molecular weight excluding hydrogens is 264 g/mol. The maximum atomic E-state index is 10.8. The van der Waals surface area contributed by atoms with E-state index < -0.39 is 26.2 Å². The second-order valence-electron chi connectivity index (χ2n) is 6.50. The summed E-state index contributed by atoms with van der Waals surface area (Å²) in [5.41, 5.74) is 0. The predicted molar refractivity (Wildman–Crippen MR) is 75.7 cm³/mol. The van der Waals surface area contributed by atoms with Crippen LogP contribution in [0.1, 0.15) is 40.5 Å². The van der Waals surface area contributed by atoms with Crippen molar-refractivity contribution in [2.75, 3.05) is 0 Å². The summed E-state index contributed by atoms with van der Waals surface area (Å²) in [5.74, 6) is -3.91. The minimum Gasteiger partial charge on any atom is -0.481 e. The lowest BCUT2D eigenvalue weighted by Crippen LogP contribution is -2.43. The Morgan fingerprint density at radius 2 is 1.53 bits per heavy atom. The molecule has 0 bridgehead atoms. The van der Waals surface area contributed by atoms with Crippen molar-refractivity contribution in [3.63, 3.8) is 0 Å².